The van der Waals surface area contributed by atoms with Crippen molar-refractivity contribution in [2.45, 2.75) is 52.9 Å². The highest BCUT2D eigenvalue weighted by atomic mass is 16.5. The monoisotopic (exact) mass is 250 g/mol. The molecule has 0 amide bonds. The summed E-state index contributed by atoms with van der Waals surface area (Å²) in [5, 5.41) is 9.01. The first-order valence-corrected chi connectivity index (χ1v) is 6.77. The smallest absolute Gasteiger partial charge is 0.125 e. The van der Waals surface area contributed by atoms with Crippen LogP contribution in [-0.2, 0) is 11.8 Å². The molecule has 18 heavy (non-hydrogen) atoms. The molecule has 2 nitrogen and oxygen atoms in total. The molecule has 0 spiro atoms. The van der Waals surface area contributed by atoms with E-state index in [4.69, 9.17) is 9.84 Å². The number of aliphatic hydroxyl groups excluding tert-OH is 1. The maximum Gasteiger partial charge on any atom is 0.125 e. The third kappa shape index (κ3) is 3.74. The lowest BCUT2D eigenvalue weighted by Gasteiger charge is -2.23. The molecule has 0 unspecified atom stereocenters. The lowest BCUT2D eigenvalue weighted by atomic mass is 9.84. The Bertz CT molecular complexity index is 389. The second kappa shape index (κ2) is 6.24. The fraction of sp³-hybridized carbons (Fsp3) is 0.625. The summed E-state index contributed by atoms with van der Waals surface area (Å²) in [4.78, 5) is 0. The van der Waals surface area contributed by atoms with Crippen molar-refractivity contribution in [3.05, 3.63) is 28.8 Å². The number of hydrogen-bond donors (Lipinski definition) is 1. The summed E-state index contributed by atoms with van der Waals surface area (Å²) in [6.45, 7) is 11.7. The number of hydrogen-bond acceptors (Lipinski definition) is 2. The summed E-state index contributed by atoms with van der Waals surface area (Å²) in [7, 11) is 0. The van der Waals surface area contributed by atoms with Gasteiger partial charge in [0.2, 0.25) is 0 Å². The van der Waals surface area contributed by atoms with E-state index in [1.165, 1.54) is 16.7 Å². The second-order valence-electron chi connectivity index (χ2n) is 5.79. The van der Waals surface area contributed by atoms with Crippen molar-refractivity contribution in [2.75, 3.05) is 13.2 Å². The van der Waals surface area contributed by atoms with Crippen molar-refractivity contribution in [3.63, 3.8) is 0 Å². The van der Waals surface area contributed by atoms with Gasteiger partial charge in [0.05, 0.1) is 6.61 Å². The van der Waals surface area contributed by atoms with Gasteiger partial charge in [-0.15, -0.1) is 0 Å². The van der Waals surface area contributed by atoms with Gasteiger partial charge < -0.3 is 9.84 Å². The Kier molecular flexibility index (Phi) is 5.21. The van der Waals surface area contributed by atoms with Gasteiger partial charge in [-0.1, -0.05) is 32.9 Å². The van der Waals surface area contributed by atoms with E-state index in [1.54, 1.807) is 0 Å². The predicted molar refractivity (Wildman–Crippen MR) is 76.5 cm³/mol. The maximum atomic E-state index is 9.01. The third-order valence-corrected chi connectivity index (χ3v) is 3.11. The maximum absolute atomic E-state index is 9.01. The van der Waals surface area contributed by atoms with Crippen LogP contribution >= 0.6 is 0 Å². The minimum atomic E-state index is 0.142. The summed E-state index contributed by atoms with van der Waals surface area (Å²) in [6, 6.07) is 4.45. The van der Waals surface area contributed by atoms with Gasteiger partial charge in [0.25, 0.3) is 0 Å². The molecule has 0 fully saturated rings. The zero-order valence-corrected chi connectivity index (χ0v) is 12.3. The first kappa shape index (κ1) is 15.0. The topological polar surface area (TPSA) is 29.5 Å². The lowest BCUT2D eigenvalue weighted by Crippen LogP contribution is -2.13. The normalized spacial score (nSPS) is 11.7. The summed E-state index contributed by atoms with van der Waals surface area (Å²) < 4.78 is 5.75. The fourth-order valence-electron chi connectivity index (χ4n) is 2.09. The Morgan fingerprint density at radius 2 is 1.89 bits per heavy atom. The molecule has 0 aliphatic rings. The van der Waals surface area contributed by atoms with Crippen LogP contribution in [0.3, 0.4) is 0 Å². The van der Waals surface area contributed by atoms with Crippen LogP contribution in [0.5, 0.6) is 5.75 Å². The molecule has 0 heterocycles. The average Bonchev–Trinajstić information content (AvgIpc) is 2.28. The van der Waals surface area contributed by atoms with Gasteiger partial charge >= 0.3 is 0 Å². The molecule has 0 radical (unpaired) electrons. The number of aliphatic hydroxyl groups is 1. The van der Waals surface area contributed by atoms with E-state index < -0.39 is 0 Å². The van der Waals surface area contributed by atoms with Gasteiger partial charge in [-0.25, -0.2) is 0 Å². The van der Waals surface area contributed by atoms with Gasteiger partial charge in [0, 0.05) is 6.61 Å². The molecule has 0 aromatic heterocycles. The van der Waals surface area contributed by atoms with E-state index in [1.807, 2.05) is 6.92 Å². The molecule has 102 valence electrons. The van der Waals surface area contributed by atoms with E-state index in [-0.39, 0.29) is 12.0 Å². The lowest BCUT2D eigenvalue weighted by molar-refractivity contribution is 0.286. The van der Waals surface area contributed by atoms with Crippen LogP contribution < -0.4 is 4.74 Å². The third-order valence-electron chi connectivity index (χ3n) is 3.11. The average molecular weight is 250 g/mol. The van der Waals surface area contributed by atoms with Crippen LogP contribution in [0.15, 0.2) is 12.1 Å². The molecule has 1 rings (SSSR count). The second-order valence-corrected chi connectivity index (χ2v) is 5.79. The Balaban J connectivity index is 3.19. The Morgan fingerprint density at radius 3 is 2.39 bits per heavy atom. The van der Waals surface area contributed by atoms with Gasteiger partial charge in [-0.2, -0.15) is 0 Å². The minimum Gasteiger partial charge on any atom is -0.493 e. The first-order valence-electron chi connectivity index (χ1n) is 6.77. The van der Waals surface area contributed by atoms with Crippen LogP contribution in [0.2, 0.25) is 0 Å². The van der Waals surface area contributed by atoms with Crippen molar-refractivity contribution in [1.29, 1.82) is 0 Å². The molecular formula is C16H26O2. The highest BCUT2D eigenvalue weighted by molar-refractivity contribution is 5.46. The van der Waals surface area contributed by atoms with Gasteiger partial charge in [0.15, 0.2) is 0 Å². The van der Waals surface area contributed by atoms with Crippen molar-refractivity contribution < 1.29 is 9.84 Å². The Labute approximate surface area is 111 Å². The van der Waals surface area contributed by atoms with Gasteiger partial charge in [0.1, 0.15) is 5.75 Å². The number of aryl methyl sites for hydroxylation is 2. The van der Waals surface area contributed by atoms with E-state index in [0.717, 1.165) is 18.6 Å². The van der Waals surface area contributed by atoms with Crippen LogP contribution in [0.1, 0.15) is 50.8 Å². The molecular weight excluding hydrogens is 224 g/mol. The molecule has 0 bridgehead atoms. The van der Waals surface area contributed by atoms with Crippen LogP contribution in [0, 0.1) is 6.92 Å². The number of benzene rings is 1. The summed E-state index contributed by atoms with van der Waals surface area (Å²) in [5.74, 6) is 0.999. The summed E-state index contributed by atoms with van der Waals surface area (Å²) >= 11 is 0. The van der Waals surface area contributed by atoms with Gasteiger partial charge in [-0.3, -0.25) is 0 Å². The molecule has 1 N–H and O–H groups in total. The van der Waals surface area contributed by atoms with E-state index in [0.29, 0.717) is 6.61 Å². The largest absolute Gasteiger partial charge is 0.493 e. The SMILES string of the molecule is CCOc1c(C)cc(C(C)(C)C)cc1CCCO. The van der Waals surface area contributed by atoms with Crippen molar-refractivity contribution in [1.82, 2.24) is 0 Å². The quantitative estimate of drug-likeness (QED) is 0.865. The molecule has 0 saturated carbocycles. The first-order chi connectivity index (χ1) is 8.40. The van der Waals surface area contributed by atoms with Gasteiger partial charge in [-0.05, 0) is 48.8 Å². The van der Waals surface area contributed by atoms with E-state index >= 15 is 0 Å². The Hall–Kier alpha value is -1.02. The standard InChI is InChI=1S/C16H26O2/c1-6-18-15-12(2)10-14(16(3,4)5)11-13(15)8-7-9-17/h10-11,17H,6-9H2,1-5H3. The van der Waals surface area contributed by atoms with Crippen LogP contribution in [0.4, 0.5) is 0 Å². The summed E-state index contributed by atoms with van der Waals surface area (Å²) in [6.07, 6.45) is 1.66. The highest BCUT2D eigenvalue weighted by Crippen LogP contribution is 2.32. The zero-order valence-electron chi connectivity index (χ0n) is 12.3. The van der Waals surface area contributed by atoms with Crippen molar-refractivity contribution in [3.8, 4) is 5.75 Å². The zero-order chi connectivity index (χ0) is 13.8. The number of ether oxygens (including phenoxy) is 1. The molecule has 1 aromatic carbocycles. The molecule has 0 aliphatic carbocycles. The number of rotatable bonds is 5. The molecule has 2 heteroatoms. The van der Waals surface area contributed by atoms with Crippen molar-refractivity contribution >= 4 is 0 Å². The molecule has 0 aliphatic heterocycles. The summed E-state index contributed by atoms with van der Waals surface area (Å²) in [5.41, 5.74) is 3.88. The van der Waals surface area contributed by atoms with Crippen LogP contribution in [-0.4, -0.2) is 18.3 Å². The minimum absolute atomic E-state index is 0.142. The van der Waals surface area contributed by atoms with E-state index in [9.17, 15) is 0 Å². The molecule has 0 saturated heterocycles. The Morgan fingerprint density at radius 1 is 1.22 bits per heavy atom. The highest BCUT2D eigenvalue weighted by Gasteiger charge is 2.17. The van der Waals surface area contributed by atoms with E-state index in [2.05, 4.69) is 39.8 Å². The molecule has 1 aromatic rings. The van der Waals surface area contributed by atoms with Crippen LogP contribution in [0.25, 0.3) is 0 Å². The van der Waals surface area contributed by atoms with Crippen molar-refractivity contribution in [2.24, 2.45) is 0 Å². The fourth-order valence-corrected chi connectivity index (χ4v) is 2.09. The predicted octanol–water partition coefficient (Wildman–Crippen LogP) is 3.62. The molecule has 0 atom stereocenters.